The van der Waals surface area contributed by atoms with Crippen molar-refractivity contribution in [2.45, 2.75) is 132 Å². The normalized spacial score (nSPS) is 29.1. The predicted molar refractivity (Wildman–Crippen MR) is 243 cm³/mol. The lowest BCUT2D eigenvalue weighted by molar-refractivity contribution is 0.274. The van der Waals surface area contributed by atoms with Gasteiger partial charge in [-0.2, -0.15) is 0 Å². The number of hydrogen-bond donors (Lipinski definition) is 0. The number of allylic oxidation sites excluding steroid dienone is 7. The average Bonchev–Trinajstić information content (AvgIpc) is 3.79. The lowest BCUT2D eigenvalue weighted by atomic mass is 9.69. The second-order valence-electron chi connectivity index (χ2n) is 21.2. The molecule has 296 valence electrons. The van der Waals surface area contributed by atoms with Crippen molar-refractivity contribution in [1.29, 1.82) is 0 Å². The van der Waals surface area contributed by atoms with E-state index < -0.39 is 8.07 Å². The number of methoxy groups -OCH3 is 1. The monoisotopic (exact) mass is 763 g/mol. The fraction of sp³-hybridized carbons (Fsp3) is 0.519. The minimum absolute atomic E-state index is 0.0112. The summed E-state index contributed by atoms with van der Waals surface area (Å²) >= 11 is 0. The summed E-state index contributed by atoms with van der Waals surface area (Å²) in [6.45, 7) is 32.0. The lowest BCUT2D eigenvalue weighted by Gasteiger charge is -2.48. The first-order valence-corrected chi connectivity index (χ1v) is 25.3. The summed E-state index contributed by atoms with van der Waals surface area (Å²) in [6, 6.07) is 22.1. The maximum absolute atomic E-state index is 6.53. The van der Waals surface area contributed by atoms with Crippen LogP contribution in [0.3, 0.4) is 0 Å². The first kappa shape index (κ1) is 39.5. The first-order chi connectivity index (χ1) is 26.4. The van der Waals surface area contributed by atoms with E-state index in [2.05, 4.69) is 150 Å². The summed E-state index contributed by atoms with van der Waals surface area (Å²) in [6.07, 6.45) is 9.06. The Kier molecular flexibility index (Phi) is 9.99. The molecule has 0 bridgehead atoms. The van der Waals surface area contributed by atoms with Crippen LogP contribution in [0.25, 0.3) is 16.7 Å². The van der Waals surface area contributed by atoms with E-state index in [-0.39, 0.29) is 5.41 Å². The number of ether oxygens (including phenoxy) is 1. The minimum atomic E-state index is -2.02. The van der Waals surface area contributed by atoms with E-state index in [1.807, 2.05) is 7.11 Å². The van der Waals surface area contributed by atoms with Gasteiger partial charge in [0, 0.05) is 5.57 Å². The Morgan fingerprint density at radius 2 is 1.00 bits per heavy atom. The van der Waals surface area contributed by atoms with Crippen LogP contribution >= 0.6 is 0 Å². The molecule has 8 rings (SSSR count). The van der Waals surface area contributed by atoms with Gasteiger partial charge in [-0.25, -0.2) is 0 Å². The Bertz CT molecular complexity index is 2150. The van der Waals surface area contributed by atoms with E-state index in [4.69, 9.17) is 4.74 Å². The number of aryl methyl sites for hydroxylation is 6. The number of fused-ring (bicyclic) bond motifs is 3. The van der Waals surface area contributed by atoms with Crippen LogP contribution < -0.4 is 0 Å². The molecule has 2 heteroatoms. The molecule has 0 saturated heterocycles. The molecule has 8 unspecified atom stereocenters. The largest absolute Gasteiger partial charge is 0.496 e. The maximum atomic E-state index is 6.53. The van der Waals surface area contributed by atoms with Crippen molar-refractivity contribution in [3.8, 4) is 0 Å². The Labute approximate surface area is 341 Å². The summed E-state index contributed by atoms with van der Waals surface area (Å²) in [4.78, 5) is 0. The Morgan fingerprint density at radius 3 is 1.48 bits per heavy atom. The van der Waals surface area contributed by atoms with Crippen molar-refractivity contribution in [3.05, 3.63) is 133 Å². The standard InChI is InChI=1S/C54H70OSi/c1-30-18-31(2)22-38(21-30)47-41-16-15-17-42(41)48(39-23-32(3)19-33(4)24-39)50-45(47)28-37(8)53(50)56(13,14)52-36(7)27-43-44(52)29-46(54(9,10)11)51(55-12)49(43)40-25-34(5)20-35(6)26-40/h18-26,29,36-37,43-45,50,52-53H,15-17,27-28H2,1-14H3. The number of hydrogen-bond acceptors (Lipinski definition) is 1. The van der Waals surface area contributed by atoms with Crippen LogP contribution in [-0.4, -0.2) is 15.2 Å². The zero-order valence-electron chi connectivity index (χ0n) is 37.3. The zero-order chi connectivity index (χ0) is 40.2. The van der Waals surface area contributed by atoms with Crippen LogP contribution in [0.4, 0.5) is 0 Å². The molecule has 1 nitrogen and oxygen atoms in total. The van der Waals surface area contributed by atoms with Gasteiger partial charge in [-0.3, -0.25) is 0 Å². The highest BCUT2D eigenvalue weighted by Crippen LogP contribution is 2.69. The second kappa shape index (κ2) is 14.2. The van der Waals surface area contributed by atoms with Crippen LogP contribution in [0.15, 0.2) is 83.2 Å². The third-order valence-corrected chi connectivity index (χ3v) is 20.6. The van der Waals surface area contributed by atoms with Crippen LogP contribution in [0.5, 0.6) is 0 Å². The molecule has 8 atom stereocenters. The molecule has 0 radical (unpaired) electrons. The van der Waals surface area contributed by atoms with Gasteiger partial charge in [0.05, 0.1) is 15.2 Å². The van der Waals surface area contributed by atoms with Crippen molar-refractivity contribution < 1.29 is 4.74 Å². The Balaban J connectivity index is 1.31. The van der Waals surface area contributed by atoms with E-state index in [1.165, 1.54) is 93.3 Å². The molecule has 3 fully saturated rings. The van der Waals surface area contributed by atoms with Crippen molar-refractivity contribution in [2.24, 2.45) is 40.9 Å². The van der Waals surface area contributed by atoms with Gasteiger partial charge in [-0.1, -0.05) is 142 Å². The molecule has 0 spiro atoms. The molecule has 0 amide bonds. The number of benzene rings is 3. The smallest absolute Gasteiger partial charge is 0.126 e. The van der Waals surface area contributed by atoms with Crippen molar-refractivity contribution in [1.82, 2.24) is 0 Å². The molecule has 5 aliphatic rings. The van der Waals surface area contributed by atoms with Crippen molar-refractivity contribution >= 4 is 24.8 Å². The Hall–Kier alpha value is -3.36. The highest BCUT2D eigenvalue weighted by atomic mass is 28.3. The molecular weight excluding hydrogens is 693 g/mol. The van der Waals surface area contributed by atoms with Gasteiger partial charge in [0.2, 0.25) is 0 Å². The summed E-state index contributed by atoms with van der Waals surface area (Å²) in [5, 5.41) is 0. The van der Waals surface area contributed by atoms with Gasteiger partial charge in [-0.05, 0) is 170 Å². The molecule has 5 aliphatic carbocycles. The van der Waals surface area contributed by atoms with Crippen molar-refractivity contribution in [2.75, 3.05) is 7.11 Å². The molecule has 3 aromatic rings. The summed E-state index contributed by atoms with van der Waals surface area (Å²) in [7, 11) is -0.0894. The molecule has 0 aromatic heterocycles. The predicted octanol–water partition coefficient (Wildman–Crippen LogP) is 15.0. The third-order valence-electron chi connectivity index (χ3n) is 15.3. The molecular formula is C54H70OSi. The van der Waals surface area contributed by atoms with E-state index >= 15 is 0 Å². The lowest BCUT2D eigenvalue weighted by Crippen LogP contribution is -2.46. The van der Waals surface area contributed by atoms with E-state index in [0.29, 0.717) is 46.6 Å². The van der Waals surface area contributed by atoms with E-state index in [9.17, 15) is 0 Å². The molecule has 3 aromatic carbocycles. The van der Waals surface area contributed by atoms with Crippen LogP contribution in [-0.2, 0) is 4.74 Å². The van der Waals surface area contributed by atoms with Crippen molar-refractivity contribution in [3.63, 3.8) is 0 Å². The number of rotatable bonds is 6. The van der Waals surface area contributed by atoms with Crippen LogP contribution in [0.1, 0.15) is 117 Å². The molecule has 0 aliphatic heterocycles. The fourth-order valence-electron chi connectivity index (χ4n) is 14.1. The fourth-order valence-corrected chi connectivity index (χ4v) is 20.4. The summed E-state index contributed by atoms with van der Waals surface area (Å²) < 4.78 is 6.53. The van der Waals surface area contributed by atoms with Gasteiger partial charge >= 0.3 is 0 Å². The Morgan fingerprint density at radius 1 is 0.571 bits per heavy atom. The first-order valence-electron chi connectivity index (χ1n) is 22.1. The highest BCUT2D eigenvalue weighted by molar-refractivity contribution is 6.80. The van der Waals surface area contributed by atoms with Gasteiger partial charge in [0.1, 0.15) is 5.76 Å². The van der Waals surface area contributed by atoms with Crippen LogP contribution in [0, 0.1) is 82.5 Å². The summed E-state index contributed by atoms with van der Waals surface area (Å²) in [5.41, 5.74) is 24.0. The molecule has 0 N–H and O–H groups in total. The SMILES string of the molecule is COC1=C(c2cc(C)cc(C)c2)C2CC(C)C([Si](C)(C)C3C(C)CC4C(c5cc(C)cc(C)c5)=C5CCCC5=C(c5cc(C)cc(C)c5)C43)C2C=C1C(C)(C)C. The quantitative estimate of drug-likeness (QED) is 0.227. The molecule has 3 saturated carbocycles. The van der Waals surface area contributed by atoms with Gasteiger partial charge in [0.25, 0.3) is 0 Å². The van der Waals surface area contributed by atoms with Gasteiger partial charge in [0.15, 0.2) is 0 Å². The van der Waals surface area contributed by atoms with Gasteiger partial charge < -0.3 is 4.74 Å². The highest BCUT2D eigenvalue weighted by Gasteiger charge is 2.61. The zero-order valence-corrected chi connectivity index (χ0v) is 38.3. The topological polar surface area (TPSA) is 9.23 Å². The molecule has 0 heterocycles. The summed E-state index contributed by atoms with van der Waals surface area (Å²) in [5.74, 6) is 4.62. The molecule has 56 heavy (non-hydrogen) atoms. The van der Waals surface area contributed by atoms with E-state index in [0.717, 1.165) is 5.76 Å². The van der Waals surface area contributed by atoms with Gasteiger partial charge in [-0.15, -0.1) is 0 Å². The van der Waals surface area contributed by atoms with Crippen LogP contribution in [0.2, 0.25) is 24.2 Å². The maximum Gasteiger partial charge on any atom is 0.126 e. The average molecular weight is 763 g/mol. The van der Waals surface area contributed by atoms with E-state index in [1.54, 1.807) is 22.3 Å². The minimum Gasteiger partial charge on any atom is -0.496 e. The second-order valence-corrected chi connectivity index (χ2v) is 26.1. The third kappa shape index (κ3) is 6.49.